The first-order valence-corrected chi connectivity index (χ1v) is 15.9. The van der Waals surface area contributed by atoms with Crippen molar-refractivity contribution < 1.29 is 18.0 Å². The molecule has 2 amide bonds. The Hall–Kier alpha value is -3.36. The minimum absolute atomic E-state index is 0.0520. The maximum Gasteiger partial charge on any atom is 0.243 e. The third kappa shape index (κ3) is 9.90. The number of amides is 2. The molecule has 0 aliphatic carbocycles. The van der Waals surface area contributed by atoms with Gasteiger partial charge in [0, 0.05) is 36.5 Å². The monoisotopic (exact) mass is 597 g/mol. The highest BCUT2D eigenvalue weighted by Gasteiger charge is 2.32. The molecule has 9 heteroatoms. The lowest BCUT2D eigenvalue weighted by molar-refractivity contribution is -0.142. The summed E-state index contributed by atoms with van der Waals surface area (Å²) >= 11 is 6.49. The van der Waals surface area contributed by atoms with E-state index >= 15 is 0 Å². The van der Waals surface area contributed by atoms with Crippen molar-refractivity contribution in [2.24, 2.45) is 0 Å². The number of carbonyl (C=O) groups is 2. The molecule has 3 aromatic rings. The zero-order valence-corrected chi connectivity index (χ0v) is 26.0. The molecule has 0 aromatic heterocycles. The Labute approximate surface area is 249 Å². The highest BCUT2D eigenvalue weighted by Crippen LogP contribution is 2.23. The number of rotatable bonds is 12. The number of carbonyl (C=O) groups excluding carboxylic acids is 2. The molecule has 0 saturated carbocycles. The predicted octanol–water partition coefficient (Wildman–Crippen LogP) is 5.75. The number of halogens is 1. The lowest BCUT2D eigenvalue weighted by Gasteiger charge is -2.34. The first-order chi connectivity index (χ1) is 19.2. The number of benzene rings is 3. The van der Waals surface area contributed by atoms with E-state index in [-0.39, 0.29) is 37.7 Å². The lowest BCUT2D eigenvalue weighted by Crippen LogP contribution is -2.54. The van der Waals surface area contributed by atoms with Crippen molar-refractivity contribution in [1.82, 2.24) is 10.2 Å². The maximum atomic E-state index is 13.9. The van der Waals surface area contributed by atoms with Gasteiger partial charge in [-0.3, -0.25) is 13.9 Å². The summed E-state index contributed by atoms with van der Waals surface area (Å²) in [6, 6.07) is 23.2. The number of nitrogens with zero attached hydrogens (tertiary/aromatic N) is 2. The second-order valence-electron chi connectivity index (χ2n) is 11.3. The lowest BCUT2D eigenvalue weighted by atomic mass is 10.00. The summed E-state index contributed by atoms with van der Waals surface area (Å²) in [6.07, 6.45) is 1.80. The van der Waals surface area contributed by atoms with Gasteiger partial charge in [-0.25, -0.2) is 8.42 Å². The Kier molecular flexibility index (Phi) is 11.0. The molecule has 0 unspecified atom stereocenters. The quantitative estimate of drug-likeness (QED) is 0.288. The van der Waals surface area contributed by atoms with Crippen LogP contribution in [0.3, 0.4) is 0 Å². The second-order valence-corrected chi connectivity index (χ2v) is 13.6. The molecule has 0 spiro atoms. The highest BCUT2D eigenvalue weighted by molar-refractivity contribution is 7.92. The smallest absolute Gasteiger partial charge is 0.243 e. The van der Waals surface area contributed by atoms with E-state index in [2.05, 4.69) is 5.32 Å². The van der Waals surface area contributed by atoms with Crippen molar-refractivity contribution in [3.8, 4) is 0 Å². The molecule has 0 radical (unpaired) electrons. The van der Waals surface area contributed by atoms with Crippen molar-refractivity contribution in [1.29, 1.82) is 0 Å². The summed E-state index contributed by atoms with van der Waals surface area (Å²) in [4.78, 5) is 29.2. The van der Waals surface area contributed by atoms with Crippen LogP contribution < -0.4 is 9.62 Å². The number of hydrogen-bond donors (Lipinski definition) is 1. The molecule has 3 aromatic carbocycles. The summed E-state index contributed by atoms with van der Waals surface area (Å²) in [5, 5.41) is 3.54. The van der Waals surface area contributed by atoms with Crippen LogP contribution in [0, 0.1) is 6.92 Å². The summed E-state index contributed by atoms with van der Waals surface area (Å²) in [5.74, 6) is -0.522. The third-order valence-electron chi connectivity index (χ3n) is 6.54. The zero-order valence-electron chi connectivity index (χ0n) is 24.4. The van der Waals surface area contributed by atoms with Crippen molar-refractivity contribution in [2.75, 3.05) is 17.1 Å². The average Bonchev–Trinajstić information content (AvgIpc) is 2.89. The van der Waals surface area contributed by atoms with Crippen molar-refractivity contribution >= 4 is 39.1 Å². The molecule has 0 fully saturated rings. The SMILES string of the molecule is Cc1ccc(N(CCCC(=O)N(Cc2ccccc2Cl)[C@@H](Cc2ccccc2)C(=O)NC(C)(C)C)S(C)(=O)=O)cc1. The molecule has 1 N–H and O–H groups in total. The van der Waals surface area contributed by atoms with E-state index in [1.54, 1.807) is 23.1 Å². The Bertz CT molecular complexity index is 1420. The summed E-state index contributed by atoms with van der Waals surface area (Å²) in [5.41, 5.74) is 2.70. The number of anilines is 1. The van der Waals surface area contributed by atoms with Gasteiger partial charge in [0.15, 0.2) is 0 Å². The summed E-state index contributed by atoms with van der Waals surface area (Å²) in [6.45, 7) is 7.90. The summed E-state index contributed by atoms with van der Waals surface area (Å²) < 4.78 is 26.5. The Morgan fingerprint density at radius 3 is 2.12 bits per heavy atom. The molecular weight excluding hydrogens is 558 g/mol. The van der Waals surface area contributed by atoms with Crippen LogP contribution in [0.25, 0.3) is 0 Å². The fourth-order valence-corrected chi connectivity index (χ4v) is 5.69. The molecule has 1 atom stereocenters. The van der Waals surface area contributed by atoms with Gasteiger partial charge in [0.25, 0.3) is 0 Å². The zero-order chi connectivity index (χ0) is 30.2. The fraction of sp³-hybridized carbons (Fsp3) is 0.375. The van der Waals surface area contributed by atoms with Crippen LogP contribution in [-0.4, -0.2) is 49.5 Å². The molecule has 3 rings (SSSR count). The van der Waals surface area contributed by atoms with Gasteiger partial charge in [0.05, 0.1) is 11.9 Å². The number of hydrogen-bond acceptors (Lipinski definition) is 4. The minimum atomic E-state index is -3.57. The first kappa shape index (κ1) is 32.2. The van der Waals surface area contributed by atoms with Crippen LogP contribution in [0.1, 0.15) is 50.3 Å². The van der Waals surface area contributed by atoms with Crippen molar-refractivity contribution in [3.63, 3.8) is 0 Å². The molecule has 0 aliphatic heterocycles. The third-order valence-corrected chi connectivity index (χ3v) is 8.10. The molecule has 0 aliphatic rings. The van der Waals surface area contributed by atoms with E-state index in [9.17, 15) is 18.0 Å². The van der Waals surface area contributed by atoms with Crippen molar-refractivity contribution in [3.05, 3.63) is 101 Å². The topological polar surface area (TPSA) is 86.8 Å². The van der Waals surface area contributed by atoms with Crippen LogP contribution >= 0.6 is 11.6 Å². The van der Waals surface area contributed by atoms with Gasteiger partial charge in [0.1, 0.15) is 6.04 Å². The molecule has 41 heavy (non-hydrogen) atoms. The van der Waals surface area contributed by atoms with Crippen LogP contribution in [0.5, 0.6) is 0 Å². The molecule has 0 bridgehead atoms. The molecular formula is C32H40ClN3O4S. The van der Waals surface area contributed by atoms with E-state index in [0.717, 1.165) is 22.9 Å². The number of aryl methyl sites for hydroxylation is 1. The highest BCUT2D eigenvalue weighted by atomic mass is 35.5. The Morgan fingerprint density at radius 2 is 1.54 bits per heavy atom. The number of nitrogens with one attached hydrogen (secondary N) is 1. The van der Waals surface area contributed by atoms with Gasteiger partial charge in [-0.1, -0.05) is 77.8 Å². The van der Waals surface area contributed by atoms with Crippen LogP contribution in [0.2, 0.25) is 5.02 Å². The standard InChI is InChI=1S/C32H40ClN3O4S/c1-24-17-19-27(20-18-24)36(41(5,39)40)21-11-16-30(37)35(23-26-14-9-10-15-28(26)33)29(31(38)34-32(2,3)4)22-25-12-7-6-8-13-25/h6-10,12-15,17-20,29H,11,16,21-23H2,1-5H3,(H,34,38)/t29-/m0/s1. The Morgan fingerprint density at radius 1 is 0.927 bits per heavy atom. The summed E-state index contributed by atoms with van der Waals surface area (Å²) in [7, 11) is -3.57. The van der Waals surface area contributed by atoms with Gasteiger partial charge >= 0.3 is 0 Å². The second kappa shape index (κ2) is 14.0. The van der Waals surface area contributed by atoms with E-state index < -0.39 is 21.6 Å². The molecule has 220 valence electrons. The Balaban J connectivity index is 1.91. The van der Waals surface area contributed by atoms with Gasteiger partial charge in [-0.2, -0.15) is 0 Å². The van der Waals surface area contributed by atoms with Crippen LogP contribution in [0.15, 0.2) is 78.9 Å². The van der Waals surface area contributed by atoms with Gasteiger partial charge < -0.3 is 10.2 Å². The fourth-order valence-electron chi connectivity index (χ4n) is 4.53. The van der Waals surface area contributed by atoms with Crippen molar-refractivity contribution in [2.45, 2.75) is 65.1 Å². The van der Waals surface area contributed by atoms with E-state index in [4.69, 9.17) is 11.6 Å². The molecule has 0 heterocycles. The van der Waals surface area contributed by atoms with Gasteiger partial charge in [-0.15, -0.1) is 0 Å². The maximum absolute atomic E-state index is 13.9. The molecule has 0 saturated heterocycles. The average molecular weight is 598 g/mol. The predicted molar refractivity (Wildman–Crippen MR) is 166 cm³/mol. The normalized spacial score (nSPS) is 12.4. The van der Waals surface area contributed by atoms with E-state index in [0.29, 0.717) is 17.1 Å². The van der Waals surface area contributed by atoms with E-state index in [1.807, 2.05) is 88.4 Å². The van der Waals surface area contributed by atoms with Gasteiger partial charge in [0.2, 0.25) is 21.8 Å². The minimum Gasteiger partial charge on any atom is -0.350 e. The number of sulfonamides is 1. The van der Waals surface area contributed by atoms with Crippen LogP contribution in [-0.2, 0) is 32.6 Å². The van der Waals surface area contributed by atoms with Gasteiger partial charge in [-0.05, 0) is 63.4 Å². The first-order valence-electron chi connectivity index (χ1n) is 13.7. The van der Waals surface area contributed by atoms with Crippen LogP contribution in [0.4, 0.5) is 5.69 Å². The largest absolute Gasteiger partial charge is 0.350 e. The molecule has 7 nitrogen and oxygen atoms in total. The van der Waals surface area contributed by atoms with E-state index in [1.165, 1.54) is 4.31 Å².